The van der Waals surface area contributed by atoms with Crippen molar-refractivity contribution in [1.82, 2.24) is 4.90 Å². The number of carbonyl (C=O) groups excluding carboxylic acids is 1. The van der Waals surface area contributed by atoms with E-state index < -0.39 is 11.9 Å². The van der Waals surface area contributed by atoms with Gasteiger partial charge in [0, 0.05) is 24.7 Å². The SMILES string of the molecule is Cl.O=C(O)C1CCN(C(=O)c2ccc(Oc3cccc(F)c3)cc2)C1. The van der Waals surface area contributed by atoms with Crippen LogP contribution >= 0.6 is 12.4 Å². The Morgan fingerprint density at radius 1 is 1.12 bits per heavy atom. The normalized spacial score (nSPS) is 16.2. The zero-order valence-corrected chi connectivity index (χ0v) is 14.0. The van der Waals surface area contributed by atoms with Crippen molar-refractivity contribution in [3.63, 3.8) is 0 Å². The molecule has 0 radical (unpaired) electrons. The molecule has 0 spiro atoms. The van der Waals surface area contributed by atoms with E-state index >= 15 is 0 Å². The molecule has 1 fully saturated rings. The maximum absolute atomic E-state index is 13.1. The molecule has 0 saturated carbocycles. The predicted molar refractivity (Wildman–Crippen MR) is 91.8 cm³/mol. The molecule has 2 aromatic carbocycles. The lowest BCUT2D eigenvalue weighted by atomic mass is 10.1. The summed E-state index contributed by atoms with van der Waals surface area (Å²) in [5, 5.41) is 9.00. The number of amides is 1. The van der Waals surface area contributed by atoms with Crippen LogP contribution in [0.2, 0.25) is 0 Å². The van der Waals surface area contributed by atoms with Gasteiger partial charge in [0.1, 0.15) is 17.3 Å². The molecular weight excluding hydrogens is 349 g/mol. The molecule has 3 rings (SSSR count). The standard InChI is InChI=1S/C18H16FNO4.ClH/c19-14-2-1-3-16(10-14)24-15-6-4-12(5-7-15)17(21)20-9-8-13(11-20)18(22)23;/h1-7,10,13H,8-9,11H2,(H,22,23);1H. The molecule has 0 aliphatic carbocycles. The molecule has 0 bridgehead atoms. The van der Waals surface area contributed by atoms with E-state index in [1.54, 1.807) is 41.3 Å². The summed E-state index contributed by atoms with van der Waals surface area (Å²) < 4.78 is 18.7. The largest absolute Gasteiger partial charge is 0.481 e. The predicted octanol–water partition coefficient (Wildman–Crippen LogP) is 3.59. The molecule has 1 N–H and O–H groups in total. The van der Waals surface area contributed by atoms with E-state index in [0.717, 1.165) is 0 Å². The fraction of sp³-hybridized carbons (Fsp3) is 0.222. The minimum absolute atomic E-state index is 0. The second-order valence-corrected chi connectivity index (χ2v) is 5.66. The number of hydrogen-bond acceptors (Lipinski definition) is 3. The van der Waals surface area contributed by atoms with Gasteiger partial charge in [-0.2, -0.15) is 0 Å². The summed E-state index contributed by atoms with van der Waals surface area (Å²) in [6.07, 6.45) is 0.474. The number of carboxylic acids is 1. The van der Waals surface area contributed by atoms with Crippen LogP contribution in [0, 0.1) is 11.7 Å². The van der Waals surface area contributed by atoms with Crippen LogP contribution < -0.4 is 4.74 Å². The molecule has 1 aliphatic rings. The molecule has 0 aromatic heterocycles. The van der Waals surface area contributed by atoms with E-state index in [-0.39, 0.29) is 30.7 Å². The van der Waals surface area contributed by atoms with Gasteiger partial charge in [0.2, 0.25) is 0 Å². The molecule has 1 aliphatic heterocycles. The number of carboxylic acid groups (broad SMARTS) is 1. The number of benzene rings is 2. The third-order valence-electron chi connectivity index (χ3n) is 3.96. The lowest BCUT2D eigenvalue weighted by Crippen LogP contribution is -2.29. The first-order chi connectivity index (χ1) is 11.5. The number of carbonyl (C=O) groups is 2. The van der Waals surface area contributed by atoms with Crippen LogP contribution in [0.4, 0.5) is 4.39 Å². The van der Waals surface area contributed by atoms with Crippen molar-refractivity contribution in [2.75, 3.05) is 13.1 Å². The van der Waals surface area contributed by atoms with Gasteiger partial charge in [-0.25, -0.2) is 4.39 Å². The Bertz CT molecular complexity index is 766. The third-order valence-corrected chi connectivity index (χ3v) is 3.96. The molecule has 132 valence electrons. The van der Waals surface area contributed by atoms with Crippen molar-refractivity contribution in [3.05, 3.63) is 59.9 Å². The summed E-state index contributed by atoms with van der Waals surface area (Å²) in [6, 6.07) is 12.3. The second-order valence-electron chi connectivity index (χ2n) is 5.66. The molecule has 1 saturated heterocycles. The van der Waals surface area contributed by atoms with Crippen LogP contribution in [0.25, 0.3) is 0 Å². The summed E-state index contributed by atoms with van der Waals surface area (Å²) in [6.45, 7) is 0.674. The molecule has 1 heterocycles. The van der Waals surface area contributed by atoms with Gasteiger partial charge < -0.3 is 14.7 Å². The van der Waals surface area contributed by atoms with E-state index in [2.05, 4.69) is 0 Å². The summed E-state index contributed by atoms with van der Waals surface area (Å²) in [4.78, 5) is 24.9. The van der Waals surface area contributed by atoms with Crippen molar-refractivity contribution in [2.45, 2.75) is 6.42 Å². The topological polar surface area (TPSA) is 66.8 Å². The van der Waals surface area contributed by atoms with Crippen molar-refractivity contribution in [3.8, 4) is 11.5 Å². The second kappa shape index (κ2) is 7.98. The van der Waals surface area contributed by atoms with E-state index in [9.17, 15) is 14.0 Å². The summed E-state index contributed by atoms with van der Waals surface area (Å²) in [7, 11) is 0. The van der Waals surface area contributed by atoms with E-state index in [0.29, 0.717) is 30.0 Å². The fourth-order valence-corrected chi connectivity index (χ4v) is 2.66. The van der Waals surface area contributed by atoms with Crippen molar-refractivity contribution in [2.24, 2.45) is 5.92 Å². The van der Waals surface area contributed by atoms with Crippen LogP contribution in [0.5, 0.6) is 11.5 Å². The summed E-state index contributed by atoms with van der Waals surface area (Å²) >= 11 is 0. The maximum Gasteiger partial charge on any atom is 0.308 e. The van der Waals surface area contributed by atoms with Gasteiger partial charge in [-0.3, -0.25) is 9.59 Å². The molecule has 25 heavy (non-hydrogen) atoms. The van der Waals surface area contributed by atoms with Crippen LogP contribution in [-0.2, 0) is 4.79 Å². The Morgan fingerprint density at radius 2 is 1.84 bits per heavy atom. The molecule has 1 unspecified atom stereocenters. The number of halogens is 2. The van der Waals surface area contributed by atoms with Crippen LogP contribution in [0.3, 0.4) is 0 Å². The zero-order chi connectivity index (χ0) is 17.1. The average molecular weight is 366 g/mol. The summed E-state index contributed by atoms with van der Waals surface area (Å²) in [5.41, 5.74) is 0.465. The molecular formula is C18H17ClFNO4. The van der Waals surface area contributed by atoms with Gasteiger partial charge >= 0.3 is 5.97 Å². The lowest BCUT2D eigenvalue weighted by Gasteiger charge is -2.16. The highest BCUT2D eigenvalue weighted by molar-refractivity contribution is 5.95. The Hall–Kier alpha value is -2.60. The Kier molecular flexibility index (Phi) is 5.98. The first kappa shape index (κ1) is 18.7. The Labute approximate surface area is 150 Å². The lowest BCUT2D eigenvalue weighted by molar-refractivity contribution is -0.141. The van der Waals surface area contributed by atoms with E-state index in [1.165, 1.54) is 12.1 Å². The first-order valence-electron chi connectivity index (χ1n) is 7.58. The minimum atomic E-state index is -0.871. The number of hydrogen-bond donors (Lipinski definition) is 1. The number of aliphatic carboxylic acids is 1. The average Bonchev–Trinajstić information content (AvgIpc) is 3.05. The highest BCUT2D eigenvalue weighted by atomic mass is 35.5. The van der Waals surface area contributed by atoms with Gasteiger partial charge in [-0.1, -0.05) is 6.07 Å². The maximum atomic E-state index is 13.1. The smallest absolute Gasteiger partial charge is 0.308 e. The molecule has 1 atom stereocenters. The third kappa shape index (κ3) is 4.48. The number of nitrogens with zero attached hydrogens (tertiary/aromatic N) is 1. The molecule has 7 heteroatoms. The monoisotopic (exact) mass is 365 g/mol. The van der Waals surface area contributed by atoms with Gasteiger partial charge in [0.05, 0.1) is 5.92 Å². The van der Waals surface area contributed by atoms with E-state index in [4.69, 9.17) is 9.84 Å². The first-order valence-corrected chi connectivity index (χ1v) is 7.58. The van der Waals surface area contributed by atoms with E-state index in [1.807, 2.05) is 0 Å². The number of ether oxygens (including phenoxy) is 1. The summed E-state index contributed by atoms with van der Waals surface area (Å²) in [5.74, 6) is -1.09. The van der Waals surface area contributed by atoms with Gasteiger partial charge in [0.15, 0.2) is 0 Å². The fourth-order valence-electron chi connectivity index (χ4n) is 2.66. The van der Waals surface area contributed by atoms with Crippen LogP contribution in [0.15, 0.2) is 48.5 Å². The van der Waals surface area contributed by atoms with Crippen LogP contribution in [0.1, 0.15) is 16.8 Å². The minimum Gasteiger partial charge on any atom is -0.481 e. The Balaban J connectivity index is 0.00000225. The molecule has 1 amide bonds. The number of rotatable bonds is 4. The van der Waals surface area contributed by atoms with Gasteiger partial charge in [0.25, 0.3) is 5.91 Å². The highest BCUT2D eigenvalue weighted by Gasteiger charge is 2.31. The van der Waals surface area contributed by atoms with Crippen molar-refractivity contribution < 1.29 is 23.8 Å². The van der Waals surface area contributed by atoms with Crippen molar-refractivity contribution in [1.29, 1.82) is 0 Å². The number of likely N-dealkylation sites (tertiary alicyclic amines) is 1. The van der Waals surface area contributed by atoms with Gasteiger partial charge in [-0.15, -0.1) is 12.4 Å². The van der Waals surface area contributed by atoms with Gasteiger partial charge in [-0.05, 0) is 42.8 Å². The zero-order valence-electron chi connectivity index (χ0n) is 13.2. The Morgan fingerprint density at radius 3 is 2.44 bits per heavy atom. The molecule has 2 aromatic rings. The quantitative estimate of drug-likeness (QED) is 0.899. The van der Waals surface area contributed by atoms with Crippen LogP contribution in [-0.4, -0.2) is 35.0 Å². The molecule has 5 nitrogen and oxygen atoms in total. The van der Waals surface area contributed by atoms with Crippen molar-refractivity contribution >= 4 is 24.3 Å². The highest BCUT2D eigenvalue weighted by Crippen LogP contribution is 2.24.